The molecule has 0 heterocycles. The fraction of sp³-hybridized carbons (Fsp3) is 0.417. The van der Waals surface area contributed by atoms with Crippen LogP contribution in [0.4, 0.5) is 0 Å². The molecule has 14 heavy (non-hydrogen) atoms. The molecule has 2 heteroatoms. The molecule has 0 saturated heterocycles. The minimum Gasteiger partial charge on any atom is -0.507 e. The monoisotopic (exact) mass is 192 g/mol. The summed E-state index contributed by atoms with van der Waals surface area (Å²) in [6.07, 6.45) is 0.873. The molecule has 0 atom stereocenters. The number of aryl methyl sites for hydroxylation is 2. The van der Waals surface area contributed by atoms with Crippen molar-refractivity contribution in [3.05, 3.63) is 28.3 Å². The normalized spacial score (nSPS) is 10.3. The van der Waals surface area contributed by atoms with Crippen molar-refractivity contribution in [3.63, 3.8) is 0 Å². The molecule has 0 saturated carbocycles. The predicted octanol–water partition coefficient (Wildman–Crippen LogP) is 2.77. The Morgan fingerprint density at radius 2 is 2.00 bits per heavy atom. The summed E-state index contributed by atoms with van der Waals surface area (Å²) in [6.45, 7) is 7.22. The molecule has 1 rings (SSSR count). The molecule has 0 aliphatic heterocycles. The summed E-state index contributed by atoms with van der Waals surface area (Å²) in [6, 6.07) is 1.98. The Labute approximate surface area is 84.6 Å². The van der Waals surface area contributed by atoms with E-state index < -0.39 is 0 Å². The molecule has 0 aliphatic carbocycles. The van der Waals surface area contributed by atoms with Crippen LogP contribution in [-0.4, -0.2) is 10.9 Å². The third-order valence-corrected chi connectivity index (χ3v) is 2.59. The fourth-order valence-corrected chi connectivity index (χ4v) is 1.78. The summed E-state index contributed by atoms with van der Waals surface area (Å²) >= 11 is 0. The van der Waals surface area contributed by atoms with Crippen LogP contribution in [-0.2, 0) is 6.42 Å². The van der Waals surface area contributed by atoms with Gasteiger partial charge in [0.1, 0.15) is 5.75 Å². The third-order valence-electron chi connectivity index (χ3n) is 2.59. The first-order valence-corrected chi connectivity index (χ1v) is 4.82. The van der Waals surface area contributed by atoms with E-state index in [2.05, 4.69) is 0 Å². The Kier molecular flexibility index (Phi) is 2.94. The van der Waals surface area contributed by atoms with E-state index >= 15 is 0 Å². The third kappa shape index (κ3) is 1.65. The lowest BCUT2D eigenvalue weighted by atomic mass is 9.95. The van der Waals surface area contributed by atoms with Crippen molar-refractivity contribution in [2.24, 2.45) is 0 Å². The average molecular weight is 192 g/mol. The van der Waals surface area contributed by atoms with E-state index in [0.29, 0.717) is 5.56 Å². The van der Waals surface area contributed by atoms with Crippen molar-refractivity contribution < 1.29 is 9.90 Å². The minimum atomic E-state index is -0.0780. The van der Waals surface area contributed by atoms with Gasteiger partial charge in [-0.3, -0.25) is 4.79 Å². The van der Waals surface area contributed by atoms with Gasteiger partial charge in [-0.25, -0.2) is 0 Å². The second-order valence-corrected chi connectivity index (χ2v) is 3.61. The molecule has 1 aromatic rings. The largest absolute Gasteiger partial charge is 0.507 e. The highest BCUT2D eigenvalue weighted by atomic mass is 16.3. The number of ketones is 1. The maximum atomic E-state index is 11.3. The minimum absolute atomic E-state index is 0.0780. The number of hydrogen-bond donors (Lipinski definition) is 1. The van der Waals surface area contributed by atoms with Gasteiger partial charge in [0.05, 0.1) is 5.56 Å². The zero-order valence-corrected chi connectivity index (χ0v) is 9.14. The highest BCUT2D eigenvalue weighted by molar-refractivity contribution is 5.98. The van der Waals surface area contributed by atoms with Crippen LogP contribution < -0.4 is 0 Å². The summed E-state index contributed by atoms with van der Waals surface area (Å²) in [4.78, 5) is 11.3. The highest BCUT2D eigenvalue weighted by Gasteiger charge is 2.14. The van der Waals surface area contributed by atoms with Gasteiger partial charge in [0.2, 0.25) is 0 Å². The number of benzene rings is 1. The zero-order valence-electron chi connectivity index (χ0n) is 9.14. The topological polar surface area (TPSA) is 37.3 Å². The molecule has 0 fully saturated rings. The van der Waals surface area contributed by atoms with Gasteiger partial charge >= 0.3 is 0 Å². The molecule has 0 spiro atoms. The molecule has 0 amide bonds. The second-order valence-electron chi connectivity index (χ2n) is 3.61. The SMILES string of the molecule is CCc1cc(C)c(C(C)=O)c(O)c1C. The molecule has 0 radical (unpaired) electrons. The summed E-state index contributed by atoms with van der Waals surface area (Å²) < 4.78 is 0. The maximum Gasteiger partial charge on any atom is 0.163 e. The molecule has 2 nitrogen and oxygen atoms in total. The molecular weight excluding hydrogens is 176 g/mol. The lowest BCUT2D eigenvalue weighted by molar-refractivity contribution is 0.101. The molecule has 1 N–H and O–H groups in total. The van der Waals surface area contributed by atoms with Crippen LogP contribution in [0.1, 0.15) is 40.9 Å². The number of rotatable bonds is 2. The standard InChI is InChI=1S/C12H16O2/c1-5-10-6-7(2)11(9(4)13)12(14)8(10)3/h6,14H,5H2,1-4H3. The van der Waals surface area contributed by atoms with Gasteiger partial charge in [0.25, 0.3) is 0 Å². The number of phenols is 1. The van der Waals surface area contributed by atoms with E-state index in [1.807, 2.05) is 26.8 Å². The van der Waals surface area contributed by atoms with E-state index in [4.69, 9.17) is 0 Å². The number of Topliss-reactive ketones (excluding diaryl/α,β-unsaturated/α-hetero) is 1. The molecule has 0 aromatic heterocycles. The quantitative estimate of drug-likeness (QED) is 0.731. The van der Waals surface area contributed by atoms with Crippen molar-refractivity contribution in [2.75, 3.05) is 0 Å². The van der Waals surface area contributed by atoms with Gasteiger partial charge in [-0.15, -0.1) is 0 Å². The van der Waals surface area contributed by atoms with E-state index in [1.165, 1.54) is 6.92 Å². The Hall–Kier alpha value is -1.31. The molecule has 1 aromatic carbocycles. The van der Waals surface area contributed by atoms with Crippen LogP contribution >= 0.6 is 0 Å². The zero-order chi connectivity index (χ0) is 10.9. The molecule has 0 bridgehead atoms. The van der Waals surface area contributed by atoms with Crippen molar-refractivity contribution >= 4 is 5.78 Å². The lowest BCUT2D eigenvalue weighted by Gasteiger charge is -2.12. The van der Waals surface area contributed by atoms with Crippen molar-refractivity contribution in [2.45, 2.75) is 34.1 Å². The Morgan fingerprint density at radius 3 is 2.43 bits per heavy atom. The van der Waals surface area contributed by atoms with Crippen LogP contribution in [0, 0.1) is 13.8 Å². The number of carbonyl (C=O) groups is 1. The number of phenolic OH excluding ortho intramolecular Hbond substituents is 1. The van der Waals surface area contributed by atoms with Gasteiger partial charge in [-0.2, -0.15) is 0 Å². The molecule has 0 aliphatic rings. The van der Waals surface area contributed by atoms with Crippen LogP contribution in [0.5, 0.6) is 5.75 Å². The first kappa shape index (κ1) is 10.8. The molecule has 76 valence electrons. The van der Waals surface area contributed by atoms with E-state index in [1.54, 1.807) is 0 Å². The van der Waals surface area contributed by atoms with Crippen molar-refractivity contribution in [1.82, 2.24) is 0 Å². The Bertz CT molecular complexity index is 378. The van der Waals surface area contributed by atoms with Crippen LogP contribution in [0.3, 0.4) is 0 Å². The summed E-state index contributed by atoms with van der Waals surface area (Å²) in [7, 11) is 0. The van der Waals surface area contributed by atoms with E-state index in [0.717, 1.165) is 23.1 Å². The van der Waals surface area contributed by atoms with Gasteiger partial charge in [-0.05, 0) is 43.9 Å². The number of aromatic hydroxyl groups is 1. The smallest absolute Gasteiger partial charge is 0.163 e. The highest BCUT2D eigenvalue weighted by Crippen LogP contribution is 2.29. The summed E-state index contributed by atoms with van der Waals surface area (Å²) in [5.41, 5.74) is 3.24. The average Bonchev–Trinajstić information content (AvgIpc) is 2.10. The Morgan fingerprint density at radius 1 is 1.43 bits per heavy atom. The predicted molar refractivity (Wildman–Crippen MR) is 57.0 cm³/mol. The summed E-state index contributed by atoms with van der Waals surface area (Å²) in [5.74, 6) is 0.0695. The van der Waals surface area contributed by atoms with Crippen molar-refractivity contribution in [1.29, 1.82) is 0 Å². The van der Waals surface area contributed by atoms with Crippen LogP contribution in [0.25, 0.3) is 0 Å². The van der Waals surface area contributed by atoms with Gasteiger partial charge in [-0.1, -0.05) is 13.0 Å². The van der Waals surface area contributed by atoms with Gasteiger partial charge in [0.15, 0.2) is 5.78 Å². The van der Waals surface area contributed by atoms with Crippen molar-refractivity contribution in [3.8, 4) is 5.75 Å². The molecule has 0 unspecified atom stereocenters. The van der Waals surface area contributed by atoms with Gasteiger partial charge in [0, 0.05) is 0 Å². The van der Waals surface area contributed by atoms with Crippen LogP contribution in [0.15, 0.2) is 6.07 Å². The number of carbonyl (C=O) groups excluding carboxylic acids is 1. The summed E-state index contributed by atoms with van der Waals surface area (Å²) in [5, 5.41) is 9.84. The first-order chi connectivity index (χ1) is 6.49. The lowest BCUT2D eigenvalue weighted by Crippen LogP contribution is -2.01. The van der Waals surface area contributed by atoms with Crippen LogP contribution in [0.2, 0.25) is 0 Å². The van der Waals surface area contributed by atoms with Gasteiger partial charge < -0.3 is 5.11 Å². The fourth-order valence-electron chi connectivity index (χ4n) is 1.78. The van der Waals surface area contributed by atoms with E-state index in [9.17, 15) is 9.90 Å². The first-order valence-electron chi connectivity index (χ1n) is 4.82. The number of hydrogen-bond acceptors (Lipinski definition) is 2. The Balaban J connectivity index is 3.49. The second kappa shape index (κ2) is 3.82. The maximum absolute atomic E-state index is 11.3. The molecular formula is C12H16O2. The van der Waals surface area contributed by atoms with E-state index in [-0.39, 0.29) is 11.5 Å².